The Bertz CT molecular complexity index is 93.1. The molecule has 0 unspecified atom stereocenters. The predicted molar refractivity (Wildman–Crippen MR) is 35.7 cm³/mol. The van der Waals surface area contributed by atoms with Crippen molar-refractivity contribution >= 4 is 5.90 Å². The third-order valence-electron chi connectivity index (χ3n) is 0.963. The van der Waals surface area contributed by atoms with Gasteiger partial charge in [-0.1, -0.05) is 6.92 Å². The van der Waals surface area contributed by atoms with Crippen LogP contribution in [0.15, 0.2) is 0 Å². The van der Waals surface area contributed by atoms with Crippen molar-refractivity contribution in [3.05, 3.63) is 0 Å². The smallest absolute Gasteiger partial charge is 0.177 e. The van der Waals surface area contributed by atoms with E-state index in [-0.39, 0.29) is 12.5 Å². The quantitative estimate of drug-likeness (QED) is 0.439. The van der Waals surface area contributed by atoms with E-state index in [9.17, 15) is 0 Å². The average molecular weight is 131 g/mol. The Labute approximate surface area is 55.2 Å². The van der Waals surface area contributed by atoms with Gasteiger partial charge in [-0.2, -0.15) is 0 Å². The van der Waals surface area contributed by atoms with Gasteiger partial charge in [-0.15, -0.1) is 0 Å². The lowest BCUT2D eigenvalue weighted by Gasteiger charge is -2.07. The van der Waals surface area contributed by atoms with Crippen molar-refractivity contribution in [1.29, 1.82) is 5.41 Å². The minimum Gasteiger partial charge on any atom is -0.479 e. The molecule has 0 aromatic carbocycles. The first-order chi connectivity index (χ1) is 4.16. The summed E-state index contributed by atoms with van der Waals surface area (Å²) in [6.07, 6.45) is 0.248. The summed E-state index contributed by atoms with van der Waals surface area (Å²) in [5.74, 6) is 0.155. The third kappa shape index (κ3) is 5.30. The van der Waals surface area contributed by atoms with Crippen molar-refractivity contribution in [3.63, 3.8) is 0 Å². The van der Waals surface area contributed by atoms with E-state index in [0.717, 1.165) is 0 Å². The Morgan fingerprint density at radius 1 is 1.78 bits per heavy atom. The standard InChI is InChI=1S/C6H13NO2/c1-3-6(8)4-9-5(2)7/h6-8H,3-4H2,1-2H3/t6-/m1/s1. The summed E-state index contributed by atoms with van der Waals surface area (Å²) in [4.78, 5) is 0. The molecule has 0 saturated carbocycles. The average Bonchev–Trinajstić information content (AvgIpc) is 1.83. The summed E-state index contributed by atoms with van der Waals surface area (Å²) in [5, 5.41) is 15.7. The molecule has 0 spiro atoms. The van der Waals surface area contributed by atoms with E-state index in [1.165, 1.54) is 0 Å². The van der Waals surface area contributed by atoms with Gasteiger partial charge in [-0.3, -0.25) is 5.41 Å². The number of aliphatic hydroxyl groups is 1. The predicted octanol–water partition coefficient (Wildman–Crippen LogP) is 0.771. The maximum Gasteiger partial charge on any atom is 0.177 e. The summed E-state index contributed by atoms with van der Waals surface area (Å²) >= 11 is 0. The van der Waals surface area contributed by atoms with Gasteiger partial charge in [0, 0.05) is 6.92 Å². The molecule has 3 heteroatoms. The fourth-order valence-electron chi connectivity index (χ4n) is 0.339. The SMILES string of the molecule is CC[C@@H](O)COC(C)=N. The van der Waals surface area contributed by atoms with Crippen molar-refractivity contribution in [2.45, 2.75) is 26.4 Å². The Balaban J connectivity index is 3.16. The zero-order chi connectivity index (χ0) is 7.28. The van der Waals surface area contributed by atoms with Crippen molar-refractivity contribution in [3.8, 4) is 0 Å². The van der Waals surface area contributed by atoms with Crippen LogP contribution in [0.3, 0.4) is 0 Å². The van der Waals surface area contributed by atoms with E-state index < -0.39 is 6.10 Å². The summed E-state index contributed by atoms with van der Waals surface area (Å²) in [7, 11) is 0. The molecule has 2 N–H and O–H groups in total. The van der Waals surface area contributed by atoms with Gasteiger partial charge in [0.1, 0.15) is 6.61 Å². The molecule has 0 amide bonds. The van der Waals surface area contributed by atoms with E-state index in [1.807, 2.05) is 6.92 Å². The molecule has 0 aliphatic heterocycles. The largest absolute Gasteiger partial charge is 0.479 e. The highest BCUT2D eigenvalue weighted by molar-refractivity contribution is 5.69. The lowest BCUT2D eigenvalue weighted by molar-refractivity contribution is 0.0974. The normalized spacial score (nSPS) is 12.8. The van der Waals surface area contributed by atoms with Gasteiger partial charge in [-0.05, 0) is 6.42 Å². The van der Waals surface area contributed by atoms with Gasteiger partial charge in [0.2, 0.25) is 0 Å². The van der Waals surface area contributed by atoms with Gasteiger partial charge < -0.3 is 9.84 Å². The lowest BCUT2D eigenvalue weighted by Crippen LogP contribution is -2.15. The van der Waals surface area contributed by atoms with Crippen molar-refractivity contribution in [1.82, 2.24) is 0 Å². The summed E-state index contributed by atoms with van der Waals surface area (Å²) in [5.41, 5.74) is 0. The van der Waals surface area contributed by atoms with E-state index in [0.29, 0.717) is 6.42 Å². The lowest BCUT2D eigenvalue weighted by atomic mass is 10.3. The number of nitrogens with one attached hydrogen (secondary N) is 1. The maximum absolute atomic E-state index is 8.89. The molecular weight excluding hydrogens is 118 g/mol. The van der Waals surface area contributed by atoms with Crippen LogP contribution in [0.25, 0.3) is 0 Å². The summed E-state index contributed by atoms with van der Waals surface area (Å²) in [6, 6.07) is 0. The van der Waals surface area contributed by atoms with Gasteiger partial charge in [0.15, 0.2) is 5.90 Å². The molecule has 0 saturated heterocycles. The minimum absolute atomic E-state index is 0.155. The second-order valence-electron chi connectivity index (χ2n) is 1.93. The second-order valence-corrected chi connectivity index (χ2v) is 1.93. The van der Waals surface area contributed by atoms with Gasteiger partial charge in [-0.25, -0.2) is 0 Å². The van der Waals surface area contributed by atoms with Crippen LogP contribution >= 0.6 is 0 Å². The highest BCUT2D eigenvalue weighted by atomic mass is 16.5. The molecule has 0 radical (unpaired) electrons. The zero-order valence-corrected chi connectivity index (χ0v) is 5.85. The molecule has 0 heterocycles. The zero-order valence-electron chi connectivity index (χ0n) is 5.85. The van der Waals surface area contributed by atoms with Crippen LogP contribution in [0.1, 0.15) is 20.3 Å². The van der Waals surface area contributed by atoms with Gasteiger partial charge in [0.05, 0.1) is 6.10 Å². The van der Waals surface area contributed by atoms with Crippen LogP contribution in [0.4, 0.5) is 0 Å². The molecule has 0 bridgehead atoms. The molecule has 0 rings (SSSR count). The number of hydrogen-bond acceptors (Lipinski definition) is 3. The highest BCUT2D eigenvalue weighted by Crippen LogP contribution is 1.90. The third-order valence-corrected chi connectivity index (χ3v) is 0.963. The molecule has 3 nitrogen and oxygen atoms in total. The van der Waals surface area contributed by atoms with E-state index >= 15 is 0 Å². The van der Waals surface area contributed by atoms with Crippen LogP contribution in [0, 0.1) is 5.41 Å². The Morgan fingerprint density at radius 2 is 2.33 bits per heavy atom. The van der Waals surface area contributed by atoms with Crippen LogP contribution < -0.4 is 0 Å². The number of hydrogen-bond donors (Lipinski definition) is 2. The van der Waals surface area contributed by atoms with Crippen LogP contribution in [-0.2, 0) is 4.74 Å². The Morgan fingerprint density at radius 3 is 2.67 bits per heavy atom. The molecule has 0 aliphatic rings. The van der Waals surface area contributed by atoms with Crippen molar-refractivity contribution in [2.75, 3.05) is 6.61 Å². The highest BCUT2D eigenvalue weighted by Gasteiger charge is 1.99. The first-order valence-electron chi connectivity index (χ1n) is 3.02. The fraction of sp³-hybridized carbons (Fsp3) is 0.833. The second kappa shape index (κ2) is 4.32. The number of aliphatic hydroxyl groups excluding tert-OH is 1. The molecule has 54 valence electrons. The minimum atomic E-state index is -0.426. The summed E-state index contributed by atoms with van der Waals surface area (Å²) in [6.45, 7) is 3.65. The molecule has 0 aromatic rings. The fourth-order valence-corrected chi connectivity index (χ4v) is 0.339. The molecule has 0 fully saturated rings. The Kier molecular flexibility index (Phi) is 4.05. The maximum atomic E-state index is 8.89. The van der Waals surface area contributed by atoms with Gasteiger partial charge in [0.25, 0.3) is 0 Å². The van der Waals surface area contributed by atoms with Crippen molar-refractivity contribution < 1.29 is 9.84 Å². The van der Waals surface area contributed by atoms with E-state index in [2.05, 4.69) is 0 Å². The first-order valence-corrected chi connectivity index (χ1v) is 3.02. The van der Waals surface area contributed by atoms with Crippen LogP contribution in [0.5, 0.6) is 0 Å². The number of rotatable bonds is 3. The molecule has 1 atom stereocenters. The van der Waals surface area contributed by atoms with Crippen molar-refractivity contribution in [2.24, 2.45) is 0 Å². The topological polar surface area (TPSA) is 53.3 Å². The Hall–Kier alpha value is -0.570. The summed E-state index contributed by atoms with van der Waals surface area (Å²) < 4.78 is 4.73. The molecule has 9 heavy (non-hydrogen) atoms. The van der Waals surface area contributed by atoms with Crippen LogP contribution in [0.2, 0.25) is 0 Å². The molecule has 0 aromatic heterocycles. The molecule has 0 aliphatic carbocycles. The van der Waals surface area contributed by atoms with E-state index in [4.69, 9.17) is 15.3 Å². The van der Waals surface area contributed by atoms with Gasteiger partial charge >= 0.3 is 0 Å². The molecular formula is C6H13NO2. The first kappa shape index (κ1) is 8.43. The van der Waals surface area contributed by atoms with Crippen LogP contribution in [-0.4, -0.2) is 23.7 Å². The monoisotopic (exact) mass is 131 g/mol. The van der Waals surface area contributed by atoms with E-state index in [1.54, 1.807) is 6.92 Å². The number of ether oxygens (including phenoxy) is 1.